The monoisotopic (exact) mass is 489 g/mol. The van der Waals surface area contributed by atoms with Crippen LogP contribution in [0.1, 0.15) is 18.1 Å². The Morgan fingerprint density at radius 2 is 2.11 bits per heavy atom. The van der Waals surface area contributed by atoms with Crippen LogP contribution in [0.15, 0.2) is 54.7 Å². The van der Waals surface area contributed by atoms with E-state index in [2.05, 4.69) is 21.3 Å². The topological polar surface area (TPSA) is 100 Å². The van der Waals surface area contributed by atoms with Crippen LogP contribution in [0.5, 0.6) is 0 Å². The molecule has 0 amide bonds. The number of anilines is 3. The molecule has 2 aromatic carbocycles. The van der Waals surface area contributed by atoms with E-state index in [1.165, 1.54) is 6.08 Å². The molecule has 0 unspecified atom stereocenters. The maximum Gasteiger partial charge on any atom is 0.330 e. The molecule has 3 aromatic rings. The molecule has 0 aliphatic carbocycles. The molecule has 35 heavy (non-hydrogen) atoms. The first-order chi connectivity index (χ1) is 17.1. The van der Waals surface area contributed by atoms with Gasteiger partial charge in [0.1, 0.15) is 5.82 Å². The van der Waals surface area contributed by atoms with Crippen molar-refractivity contribution in [2.75, 3.05) is 43.1 Å². The number of esters is 1. The van der Waals surface area contributed by atoms with Gasteiger partial charge in [-0.1, -0.05) is 29.8 Å². The molecule has 1 fully saturated rings. The highest BCUT2D eigenvalue weighted by molar-refractivity contribution is 6.31. The Labute approximate surface area is 208 Å². The summed E-state index contributed by atoms with van der Waals surface area (Å²) in [6, 6.07) is 14.9. The highest BCUT2D eigenvalue weighted by Crippen LogP contribution is 2.32. The molecule has 0 saturated carbocycles. The summed E-state index contributed by atoms with van der Waals surface area (Å²) < 4.78 is 10.5. The molecule has 0 radical (unpaired) electrons. The summed E-state index contributed by atoms with van der Waals surface area (Å²) in [5, 5.41) is 12.8. The van der Waals surface area contributed by atoms with Gasteiger partial charge in [-0.2, -0.15) is 10.2 Å². The van der Waals surface area contributed by atoms with Gasteiger partial charge in [-0.25, -0.2) is 9.78 Å². The van der Waals surface area contributed by atoms with E-state index in [4.69, 9.17) is 26.1 Å². The van der Waals surface area contributed by atoms with E-state index in [0.717, 1.165) is 22.5 Å². The zero-order chi connectivity index (χ0) is 24.6. The molecule has 1 aromatic heterocycles. The lowest BCUT2D eigenvalue weighted by atomic mass is 10.0. The average molecular weight is 490 g/mol. The Kier molecular flexibility index (Phi) is 7.93. The number of nitrogens with one attached hydrogen (secondary N) is 1. The molecule has 1 saturated heterocycles. The molecule has 4 rings (SSSR count). The predicted molar refractivity (Wildman–Crippen MR) is 136 cm³/mol. The van der Waals surface area contributed by atoms with Gasteiger partial charge in [-0.3, -0.25) is 0 Å². The molecule has 178 valence electrons. The van der Waals surface area contributed by atoms with E-state index < -0.39 is 0 Å². The fourth-order valence-electron chi connectivity index (χ4n) is 3.67. The van der Waals surface area contributed by atoms with Crippen molar-refractivity contribution in [3.63, 3.8) is 0 Å². The molecule has 1 aliphatic heterocycles. The first kappa shape index (κ1) is 24.2. The third kappa shape index (κ3) is 6.35. The number of carbonyl (C=O) groups is 1. The third-order valence-corrected chi connectivity index (χ3v) is 5.48. The fourth-order valence-corrected chi connectivity index (χ4v) is 3.91. The number of morpholine rings is 1. The Hall–Kier alpha value is -3.93. The minimum atomic E-state index is -0.383. The van der Waals surface area contributed by atoms with Crippen molar-refractivity contribution in [1.82, 2.24) is 9.97 Å². The lowest BCUT2D eigenvalue weighted by molar-refractivity contribution is -0.137. The van der Waals surface area contributed by atoms with Crippen molar-refractivity contribution in [2.45, 2.75) is 6.92 Å². The van der Waals surface area contributed by atoms with Gasteiger partial charge in [0.2, 0.25) is 5.95 Å². The van der Waals surface area contributed by atoms with E-state index in [1.54, 1.807) is 37.4 Å². The van der Waals surface area contributed by atoms with Gasteiger partial charge in [-0.05, 0) is 48.4 Å². The van der Waals surface area contributed by atoms with Crippen molar-refractivity contribution in [2.24, 2.45) is 0 Å². The number of hydrogen-bond donors (Lipinski definition) is 1. The van der Waals surface area contributed by atoms with Crippen LogP contribution in [-0.2, 0) is 14.3 Å². The van der Waals surface area contributed by atoms with Crippen LogP contribution >= 0.6 is 11.6 Å². The lowest BCUT2D eigenvalue weighted by Gasteiger charge is -2.29. The SMILES string of the molecule is CCOC(=O)/C=C/c1cccc(-c2cnc(Nc3cc(Cl)cc(C#N)c3)nc2N2CCOCC2)c1. The number of rotatable bonds is 7. The van der Waals surface area contributed by atoms with Crippen molar-refractivity contribution >= 4 is 41.1 Å². The van der Waals surface area contributed by atoms with Crippen molar-refractivity contribution in [1.29, 1.82) is 5.26 Å². The standard InChI is InChI=1S/C26H24ClN5O3/c1-2-35-24(33)7-6-18-4-3-5-20(12-18)23-17-29-26(31-25(23)32-8-10-34-11-9-32)30-22-14-19(16-28)13-21(27)15-22/h3-7,12-15,17H,2,8-11H2,1H3,(H,29,30,31)/b7-6+. The molecule has 0 bridgehead atoms. The summed E-state index contributed by atoms with van der Waals surface area (Å²) in [4.78, 5) is 23.2. The smallest absolute Gasteiger partial charge is 0.330 e. The van der Waals surface area contributed by atoms with Crippen molar-refractivity contribution in [3.05, 3.63) is 70.9 Å². The summed E-state index contributed by atoms with van der Waals surface area (Å²) in [6.45, 7) is 4.70. The maximum atomic E-state index is 11.7. The summed E-state index contributed by atoms with van der Waals surface area (Å²) in [5.74, 6) is 0.769. The molecule has 1 aliphatic rings. The Morgan fingerprint density at radius 3 is 2.89 bits per heavy atom. The second-order valence-corrected chi connectivity index (χ2v) is 8.14. The molecule has 0 atom stereocenters. The quantitative estimate of drug-likeness (QED) is 0.372. The second-order valence-electron chi connectivity index (χ2n) is 7.71. The first-order valence-corrected chi connectivity index (χ1v) is 11.6. The zero-order valence-electron chi connectivity index (χ0n) is 19.2. The summed E-state index contributed by atoms with van der Waals surface area (Å²) in [5.41, 5.74) is 3.69. The Bertz CT molecular complexity index is 1280. The number of ether oxygens (including phenoxy) is 2. The van der Waals surface area contributed by atoms with Crippen LogP contribution < -0.4 is 10.2 Å². The number of halogens is 1. The van der Waals surface area contributed by atoms with Crippen LogP contribution in [0.25, 0.3) is 17.2 Å². The largest absolute Gasteiger partial charge is 0.463 e. The van der Waals surface area contributed by atoms with Gasteiger partial charge in [0.15, 0.2) is 0 Å². The second kappa shape index (κ2) is 11.5. The van der Waals surface area contributed by atoms with Crippen molar-refractivity contribution < 1.29 is 14.3 Å². The number of carbonyl (C=O) groups excluding carboxylic acids is 1. The van der Waals surface area contributed by atoms with Gasteiger partial charge in [0.25, 0.3) is 0 Å². The Morgan fingerprint density at radius 1 is 1.29 bits per heavy atom. The van der Waals surface area contributed by atoms with Gasteiger partial charge in [0, 0.05) is 41.6 Å². The molecule has 1 N–H and O–H groups in total. The first-order valence-electron chi connectivity index (χ1n) is 11.2. The van der Waals surface area contributed by atoms with Crippen LogP contribution in [0.3, 0.4) is 0 Å². The lowest BCUT2D eigenvalue weighted by Crippen LogP contribution is -2.37. The molecular formula is C26H24ClN5O3. The number of benzene rings is 2. The summed E-state index contributed by atoms with van der Waals surface area (Å²) in [7, 11) is 0. The van der Waals surface area contributed by atoms with Gasteiger partial charge in [-0.15, -0.1) is 0 Å². The van der Waals surface area contributed by atoms with E-state index in [9.17, 15) is 10.1 Å². The van der Waals surface area contributed by atoms with Crippen molar-refractivity contribution in [3.8, 4) is 17.2 Å². The average Bonchev–Trinajstić information content (AvgIpc) is 2.88. The number of nitrogens with zero attached hydrogens (tertiary/aromatic N) is 4. The molecular weight excluding hydrogens is 466 g/mol. The molecule has 9 heteroatoms. The number of hydrogen-bond acceptors (Lipinski definition) is 8. The highest BCUT2D eigenvalue weighted by Gasteiger charge is 2.19. The molecule has 2 heterocycles. The molecule has 0 spiro atoms. The highest BCUT2D eigenvalue weighted by atomic mass is 35.5. The normalized spacial score (nSPS) is 13.5. The fraction of sp³-hybridized carbons (Fsp3) is 0.231. The zero-order valence-corrected chi connectivity index (χ0v) is 20.0. The summed E-state index contributed by atoms with van der Waals surface area (Å²) >= 11 is 6.14. The van der Waals surface area contributed by atoms with E-state index in [0.29, 0.717) is 55.1 Å². The predicted octanol–water partition coefficient (Wildman–Crippen LogP) is 4.83. The molecule has 8 nitrogen and oxygen atoms in total. The van der Waals surface area contributed by atoms with Crippen LogP contribution in [-0.4, -0.2) is 48.8 Å². The number of aromatic nitrogens is 2. The number of nitriles is 1. The minimum absolute atomic E-state index is 0.330. The van der Waals surface area contributed by atoms with Crippen LogP contribution in [0.4, 0.5) is 17.5 Å². The van der Waals surface area contributed by atoms with Gasteiger partial charge < -0.3 is 19.7 Å². The maximum absolute atomic E-state index is 11.7. The van der Waals surface area contributed by atoms with Gasteiger partial charge in [0.05, 0.1) is 31.5 Å². The van der Waals surface area contributed by atoms with E-state index in [1.807, 2.05) is 24.3 Å². The van der Waals surface area contributed by atoms with Gasteiger partial charge >= 0.3 is 5.97 Å². The van der Waals surface area contributed by atoms with Crippen LogP contribution in [0.2, 0.25) is 5.02 Å². The Balaban J connectivity index is 1.68. The van der Waals surface area contributed by atoms with E-state index >= 15 is 0 Å². The summed E-state index contributed by atoms with van der Waals surface area (Å²) in [6.07, 6.45) is 4.90. The minimum Gasteiger partial charge on any atom is -0.463 e. The third-order valence-electron chi connectivity index (χ3n) is 5.26. The van der Waals surface area contributed by atoms with E-state index in [-0.39, 0.29) is 5.97 Å². The van der Waals surface area contributed by atoms with Crippen LogP contribution in [0, 0.1) is 11.3 Å².